The summed E-state index contributed by atoms with van der Waals surface area (Å²) in [5, 5.41) is 10.3. The molecule has 6 nitrogen and oxygen atoms in total. The maximum Gasteiger partial charge on any atom is 0.272 e. The molecular formula is C12H12BrN5O. The van der Waals surface area contributed by atoms with Crippen LogP contribution in [-0.4, -0.2) is 16.1 Å². The van der Waals surface area contributed by atoms with Gasteiger partial charge in [0, 0.05) is 11.0 Å². The predicted octanol–water partition coefficient (Wildman–Crippen LogP) is 1.45. The fourth-order valence-electron chi connectivity index (χ4n) is 1.41. The van der Waals surface area contributed by atoms with Gasteiger partial charge in [0.2, 0.25) is 0 Å². The molecule has 1 aromatic carbocycles. The number of amides is 1. The second-order valence-electron chi connectivity index (χ2n) is 3.76. The van der Waals surface area contributed by atoms with E-state index in [-0.39, 0.29) is 11.6 Å². The first-order chi connectivity index (χ1) is 9.19. The van der Waals surface area contributed by atoms with Gasteiger partial charge in [-0.15, -0.1) is 10.2 Å². The number of nitrogen functional groups attached to an aromatic ring is 1. The average Bonchev–Trinajstić information content (AvgIpc) is 2.46. The molecule has 19 heavy (non-hydrogen) atoms. The Morgan fingerprint density at radius 2 is 1.89 bits per heavy atom. The van der Waals surface area contributed by atoms with Crippen molar-refractivity contribution in [2.24, 2.45) is 5.84 Å². The van der Waals surface area contributed by atoms with E-state index in [1.54, 1.807) is 12.1 Å². The van der Waals surface area contributed by atoms with Crippen molar-refractivity contribution in [3.8, 4) is 0 Å². The first-order valence-corrected chi connectivity index (χ1v) is 6.31. The molecule has 1 amide bonds. The summed E-state index contributed by atoms with van der Waals surface area (Å²) in [6, 6.07) is 10.8. The Hall–Kier alpha value is -1.99. The molecule has 0 aliphatic heterocycles. The highest BCUT2D eigenvalue weighted by Gasteiger charge is 2.07. The summed E-state index contributed by atoms with van der Waals surface area (Å²) in [6.45, 7) is 0.435. The number of carbonyl (C=O) groups excluding carboxylic acids is 1. The monoisotopic (exact) mass is 321 g/mol. The molecule has 1 aromatic heterocycles. The molecule has 0 radical (unpaired) electrons. The second-order valence-corrected chi connectivity index (χ2v) is 4.67. The lowest BCUT2D eigenvalue weighted by Crippen LogP contribution is -2.24. The molecule has 0 saturated heterocycles. The number of anilines is 1. The van der Waals surface area contributed by atoms with Crippen LogP contribution in [0.5, 0.6) is 0 Å². The fraction of sp³-hybridized carbons (Fsp3) is 0.0833. The van der Waals surface area contributed by atoms with Gasteiger partial charge in [-0.25, -0.2) is 5.84 Å². The molecule has 2 aromatic rings. The Morgan fingerprint density at radius 1 is 1.16 bits per heavy atom. The molecular weight excluding hydrogens is 310 g/mol. The third-order valence-corrected chi connectivity index (χ3v) is 2.94. The van der Waals surface area contributed by atoms with Crippen LogP contribution in [0.2, 0.25) is 0 Å². The minimum absolute atomic E-state index is 0.246. The van der Waals surface area contributed by atoms with E-state index in [2.05, 4.69) is 36.9 Å². The van der Waals surface area contributed by atoms with Gasteiger partial charge in [-0.1, -0.05) is 28.1 Å². The molecule has 0 fully saturated rings. The third kappa shape index (κ3) is 3.73. The SMILES string of the molecule is NNc1ccc(C(=O)NCc2ccc(Br)cc2)nn1. The number of hydrogen-bond acceptors (Lipinski definition) is 5. The molecule has 0 saturated carbocycles. The summed E-state index contributed by atoms with van der Waals surface area (Å²) in [5.41, 5.74) is 3.60. The van der Waals surface area contributed by atoms with Crippen molar-refractivity contribution < 1.29 is 4.79 Å². The van der Waals surface area contributed by atoms with E-state index in [1.165, 1.54) is 0 Å². The van der Waals surface area contributed by atoms with E-state index in [1.807, 2.05) is 24.3 Å². The summed E-state index contributed by atoms with van der Waals surface area (Å²) in [4.78, 5) is 11.8. The third-order valence-electron chi connectivity index (χ3n) is 2.41. The Kier molecular flexibility index (Phi) is 4.43. The zero-order valence-electron chi connectivity index (χ0n) is 9.93. The molecule has 0 aliphatic rings. The van der Waals surface area contributed by atoms with Gasteiger partial charge >= 0.3 is 0 Å². The van der Waals surface area contributed by atoms with Gasteiger partial charge in [0.25, 0.3) is 5.91 Å². The first-order valence-electron chi connectivity index (χ1n) is 5.52. The van der Waals surface area contributed by atoms with Crippen LogP contribution in [-0.2, 0) is 6.54 Å². The fourth-order valence-corrected chi connectivity index (χ4v) is 1.67. The smallest absolute Gasteiger partial charge is 0.272 e. The van der Waals surface area contributed by atoms with Gasteiger partial charge in [0.15, 0.2) is 11.5 Å². The number of carbonyl (C=O) groups is 1. The van der Waals surface area contributed by atoms with Crippen molar-refractivity contribution in [2.75, 3.05) is 5.43 Å². The number of nitrogens with one attached hydrogen (secondary N) is 2. The number of halogens is 1. The topological polar surface area (TPSA) is 92.9 Å². The van der Waals surface area contributed by atoms with Gasteiger partial charge in [-0.2, -0.15) is 0 Å². The zero-order chi connectivity index (χ0) is 13.7. The van der Waals surface area contributed by atoms with Crippen LogP contribution >= 0.6 is 15.9 Å². The van der Waals surface area contributed by atoms with Gasteiger partial charge in [-0.3, -0.25) is 4.79 Å². The molecule has 0 unspecified atom stereocenters. The normalized spacial score (nSPS) is 10.0. The molecule has 98 valence electrons. The summed E-state index contributed by atoms with van der Waals surface area (Å²) >= 11 is 3.35. The van der Waals surface area contributed by atoms with E-state index >= 15 is 0 Å². The largest absolute Gasteiger partial charge is 0.347 e. The molecule has 4 N–H and O–H groups in total. The lowest BCUT2D eigenvalue weighted by atomic mass is 10.2. The Balaban J connectivity index is 1.95. The molecule has 0 aliphatic carbocycles. The number of benzene rings is 1. The van der Waals surface area contributed by atoms with Crippen molar-refractivity contribution >= 4 is 27.7 Å². The molecule has 0 spiro atoms. The van der Waals surface area contributed by atoms with Crippen molar-refractivity contribution in [3.05, 3.63) is 52.1 Å². The molecule has 2 rings (SSSR count). The highest BCUT2D eigenvalue weighted by atomic mass is 79.9. The summed E-state index contributed by atoms with van der Waals surface area (Å²) in [7, 11) is 0. The number of rotatable bonds is 4. The zero-order valence-corrected chi connectivity index (χ0v) is 11.5. The van der Waals surface area contributed by atoms with Crippen molar-refractivity contribution in [1.29, 1.82) is 0 Å². The lowest BCUT2D eigenvalue weighted by Gasteiger charge is -2.05. The average molecular weight is 322 g/mol. The second kappa shape index (κ2) is 6.26. The summed E-state index contributed by atoms with van der Waals surface area (Å²) in [6.07, 6.45) is 0. The van der Waals surface area contributed by atoms with E-state index in [0.717, 1.165) is 10.0 Å². The summed E-state index contributed by atoms with van der Waals surface area (Å²) in [5.74, 6) is 5.29. The van der Waals surface area contributed by atoms with Gasteiger partial charge in [0.05, 0.1) is 0 Å². The van der Waals surface area contributed by atoms with Crippen LogP contribution in [0.4, 0.5) is 5.82 Å². The van der Waals surface area contributed by atoms with Gasteiger partial charge < -0.3 is 10.7 Å². The van der Waals surface area contributed by atoms with Gasteiger partial charge in [-0.05, 0) is 29.8 Å². The van der Waals surface area contributed by atoms with Crippen LogP contribution in [0.25, 0.3) is 0 Å². The Labute approximate surface area is 118 Å². The highest BCUT2D eigenvalue weighted by Crippen LogP contribution is 2.10. The minimum atomic E-state index is -0.279. The molecule has 0 bridgehead atoms. The van der Waals surface area contributed by atoms with E-state index in [0.29, 0.717) is 12.4 Å². The van der Waals surface area contributed by atoms with Crippen LogP contribution in [0.1, 0.15) is 16.1 Å². The quantitative estimate of drug-likeness (QED) is 0.585. The maximum absolute atomic E-state index is 11.8. The number of hydrazine groups is 1. The van der Waals surface area contributed by atoms with Gasteiger partial charge in [0.1, 0.15) is 0 Å². The summed E-state index contributed by atoms with van der Waals surface area (Å²) < 4.78 is 0.998. The Morgan fingerprint density at radius 3 is 2.47 bits per heavy atom. The predicted molar refractivity (Wildman–Crippen MR) is 75.2 cm³/mol. The maximum atomic E-state index is 11.8. The standard InChI is InChI=1S/C12H12BrN5O/c13-9-3-1-8(2-4-9)7-15-12(19)10-5-6-11(16-14)18-17-10/h1-6H,7,14H2,(H,15,19)(H,16,18). The van der Waals surface area contributed by atoms with E-state index < -0.39 is 0 Å². The number of nitrogens with zero attached hydrogens (tertiary/aromatic N) is 2. The van der Waals surface area contributed by atoms with Crippen molar-refractivity contribution in [3.63, 3.8) is 0 Å². The van der Waals surface area contributed by atoms with Crippen molar-refractivity contribution in [1.82, 2.24) is 15.5 Å². The van der Waals surface area contributed by atoms with Crippen LogP contribution < -0.4 is 16.6 Å². The minimum Gasteiger partial charge on any atom is -0.347 e. The number of hydrogen-bond donors (Lipinski definition) is 3. The number of nitrogens with two attached hydrogens (primary N) is 1. The molecule has 1 heterocycles. The van der Waals surface area contributed by atoms with E-state index in [4.69, 9.17) is 5.84 Å². The Bertz CT molecular complexity index is 555. The highest BCUT2D eigenvalue weighted by molar-refractivity contribution is 9.10. The molecule has 7 heteroatoms. The van der Waals surface area contributed by atoms with E-state index in [9.17, 15) is 4.79 Å². The first kappa shape index (κ1) is 13.4. The van der Waals surface area contributed by atoms with Crippen LogP contribution in [0, 0.1) is 0 Å². The van der Waals surface area contributed by atoms with Crippen LogP contribution in [0.3, 0.4) is 0 Å². The van der Waals surface area contributed by atoms with Crippen LogP contribution in [0.15, 0.2) is 40.9 Å². The molecule has 0 atom stereocenters. The van der Waals surface area contributed by atoms with Crippen molar-refractivity contribution in [2.45, 2.75) is 6.54 Å². The lowest BCUT2D eigenvalue weighted by molar-refractivity contribution is 0.0945. The number of aromatic nitrogens is 2.